The highest BCUT2D eigenvalue weighted by molar-refractivity contribution is 5.09. The predicted molar refractivity (Wildman–Crippen MR) is 26.0 cm³/mol. The molecule has 0 atom stereocenters. The summed E-state index contributed by atoms with van der Waals surface area (Å²) in [6.45, 7) is 0. The van der Waals surface area contributed by atoms with Crippen LogP contribution in [0.25, 0.3) is 0 Å². The normalized spacial score (nSPS) is 10.1. The summed E-state index contributed by atoms with van der Waals surface area (Å²) in [6, 6.07) is 1.47. The van der Waals surface area contributed by atoms with Gasteiger partial charge < -0.3 is 0 Å². The second-order valence-electron chi connectivity index (χ2n) is 1.28. The summed E-state index contributed by atoms with van der Waals surface area (Å²) in [5.41, 5.74) is 0. The highest BCUT2D eigenvalue weighted by Gasteiger charge is 2.23. The lowest BCUT2D eigenvalue weighted by Gasteiger charge is -1.79. The van der Waals surface area contributed by atoms with Gasteiger partial charge in [-0.2, -0.15) is 9.97 Å². The van der Waals surface area contributed by atoms with Gasteiger partial charge in [-0.3, -0.25) is 0 Å². The van der Waals surface area contributed by atoms with Gasteiger partial charge in [0.25, 0.3) is 0 Å². The quantitative estimate of drug-likeness (QED) is 0.533. The van der Waals surface area contributed by atoms with Crippen LogP contribution in [0.4, 0.5) is 14.9 Å². The molecule has 0 aliphatic heterocycles. The Labute approximate surface area is 49.8 Å². The zero-order chi connectivity index (χ0) is 6.69. The first kappa shape index (κ1) is 6.03. The summed E-state index contributed by atoms with van der Waals surface area (Å²) in [4.78, 5) is 6.49. The van der Waals surface area contributed by atoms with Gasteiger partial charge in [0.05, 0.1) is 0 Å². The van der Waals surface area contributed by atoms with Crippen LogP contribution in [0.2, 0.25) is 0 Å². The molecule has 5 heteroatoms. The Morgan fingerprint density at radius 1 is 1.22 bits per heavy atom. The van der Waals surface area contributed by atoms with Crippen molar-refractivity contribution in [3.8, 4) is 0 Å². The molecular formula is C4H3F2N3+. The first-order chi connectivity index (χ1) is 4.30. The van der Waals surface area contributed by atoms with Crippen LogP contribution < -0.4 is 5.34 Å². The highest BCUT2D eigenvalue weighted by atomic mass is 19.4. The van der Waals surface area contributed by atoms with Crippen LogP contribution in [-0.4, -0.2) is 9.97 Å². The molecule has 0 amide bonds. The van der Waals surface area contributed by atoms with E-state index in [0.717, 1.165) is 0 Å². The molecule has 1 aromatic rings. The highest BCUT2D eigenvalue weighted by Crippen LogP contribution is 2.02. The van der Waals surface area contributed by atoms with E-state index in [0.29, 0.717) is 0 Å². The number of nitrogens with zero attached hydrogens (tertiary/aromatic N) is 3. The third kappa shape index (κ3) is 1.39. The van der Waals surface area contributed by atoms with E-state index in [1.54, 1.807) is 0 Å². The summed E-state index contributed by atoms with van der Waals surface area (Å²) < 4.78 is 23.0. The summed E-state index contributed by atoms with van der Waals surface area (Å²) in [5, 5.41) is -1.14. The molecule has 0 bridgehead atoms. The summed E-state index contributed by atoms with van der Waals surface area (Å²) in [6.07, 6.45) is 2.49. The molecule has 1 radical (unpaired) electrons. The number of rotatable bonds is 1. The first-order valence-corrected chi connectivity index (χ1v) is 2.19. The third-order valence-corrected chi connectivity index (χ3v) is 0.703. The van der Waals surface area contributed by atoms with Gasteiger partial charge in [-0.25, -0.2) is 0 Å². The van der Waals surface area contributed by atoms with Crippen LogP contribution in [0.1, 0.15) is 0 Å². The molecule has 47 valence electrons. The van der Waals surface area contributed by atoms with Gasteiger partial charge in [0.15, 0.2) is 0 Å². The van der Waals surface area contributed by atoms with Gasteiger partial charge in [-0.05, 0) is 6.07 Å². The molecule has 0 unspecified atom stereocenters. The van der Waals surface area contributed by atoms with E-state index in [2.05, 4.69) is 9.97 Å². The molecule has 0 saturated carbocycles. The Hall–Kier alpha value is -1.10. The van der Waals surface area contributed by atoms with Crippen molar-refractivity contribution < 1.29 is 8.96 Å². The smallest absolute Gasteiger partial charge is 0.174 e. The summed E-state index contributed by atoms with van der Waals surface area (Å²) >= 11 is 0. The molecule has 0 aliphatic carbocycles. The maximum Gasteiger partial charge on any atom is 0.473 e. The molecular weight excluding hydrogens is 128 g/mol. The van der Waals surface area contributed by atoms with Crippen molar-refractivity contribution in [2.45, 2.75) is 0 Å². The van der Waals surface area contributed by atoms with E-state index in [1.807, 2.05) is 0 Å². The standard InChI is InChI=1S/C4H3F2N3/c5-9(6)4-7-2-1-3-8-4/h1-3H/q+1. The molecule has 1 rings (SSSR count). The van der Waals surface area contributed by atoms with E-state index < -0.39 is 11.3 Å². The molecule has 1 heterocycles. The van der Waals surface area contributed by atoms with Gasteiger partial charge in [0.2, 0.25) is 0 Å². The van der Waals surface area contributed by atoms with E-state index in [-0.39, 0.29) is 0 Å². The zero-order valence-electron chi connectivity index (χ0n) is 4.33. The molecule has 0 fully saturated rings. The van der Waals surface area contributed by atoms with Gasteiger partial charge in [-0.15, -0.1) is 0 Å². The second-order valence-corrected chi connectivity index (χ2v) is 1.28. The molecule has 0 saturated heterocycles. The van der Waals surface area contributed by atoms with Crippen molar-refractivity contribution in [1.29, 1.82) is 0 Å². The maximum atomic E-state index is 11.5. The minimum atomic E-state index is -1.14. The minimum absolute atomic E-state index is 0.586. The fourth-order valence-corrected chi connectivity index (χ4v) is 0.379. The summed E-state index contributed by atoms with van der Waals surface area (Å²) in [7, 11) is 0. The molecule has 9 heavy (non-hydrogen) atoms. The Kier molecular flexibility index (Phi) is 1.64. The van der Waals surface area contributed by atoms with Crippen molar-refractivity contribution >= 4 is 5.95 Å². The predicted octanol–water partition coefficient (Wildman–Crippen LogP) is 1.02. The van der Waals surface area contributed by atoms with Crippen LogP contribution in [-0.2, 0) is 0 Å². The van der Waals surface area contributed by atoms with E-state index in [1.165, 1.54) is 18.5 Å². The van der Waals surface area contributed by atoms with E-state index in [4.69, 9.17) is 0 Å². The van der Waals surface area contributed by atoms with Crippen molar-refractivity contribution in [1.82, 2.24) is 15.3 Å². The van der Waals surface area contributed by atoms with Gasteiger partial charge in [-0.1, -0.05) is 0 Å². The number of hydrogen-bond acceptors (Lipinski definition) is 3. The van der Waals surface area contributed by atoms with Crippen LogP contribution >= 0.6 is 0 Å². The minimum Gasteiger partial charge on any atom is -0.174 e. The molecule has 0 N–H and O–H groups in total. The zero-order valence-corrected chi connectivity index (χ0v) is 4.33. The Morgan fingerprint density at radius 2 is 1.78 bits per heavy atom. The second kappa shape index (κ2) is 2.45. The monoisotopic (exact) mass is 131 g/mol. The molecule has 3 nitrogen and oxygen atoms in total. The van der Waals surface area contributed by atoms with Gasteiger partial charge >= 0.3 is 11.3 Å². The van der Waals surface area contributed by atoms with Crippen molar-refractivity contribution in [2.75, 3.05) is 0 Å². The van der Waals surface area contributed by atoms with Crippen molar-refractivity contribution in [2.24, 2.45) is 0 Å². The van der Waals surface area contributed by atoms with Crippen LogP contribution in [0.3, 0.4) is 0 Å². The first-order valence-electron chi connectivity index (χ1n) is 2.19. The van der Waals surface area contributed by atoms with Crippen molar-refractivity contribution in [3.63, 3.8) is 0 Å². The lowest BCUT2D eigenvalue weighted by atomic mass is 10.7. The van der Waals surface area contributed by atoms with Crippen LogP contribution in [0.5, 0.6) is 0 Å². The third-order valence-electron chi connectivity index (χ3n) is 0.703. The fraction of sp³-hybridized carbons (Fsp3) is 0. The number of anilines is 1. The van der Waals surface area contributed by atoms with Crippen molar-refractivity contribution in [3.05, 3.63) is 18.5 Å². The summed E-state index contributed by atoms with van der Waals surface area (Å²) in [5.74, 6) is -0.586. The van der Waals surface area contributed by atoms with E-state index >= 15 is 0 Å². The Bertz CT molecular complexity index is 176. The largest absolute Gasteiger partial charge is 0.473 e. The molecule has 0 spiro atoms. The number of hydrogen-bond donors (Lipinski definition) is 0. The van der Waals surface area contributed by atoms with Crippen LogP contribution in [0.15, 0.2) is 18.5 Å². The molecule has 0 aromatic carbocycles. The number of aromatic nitrogens is 2. The maximum absolute atomic E-state index is 11.5. The average molecular weight is 131 g/mol. The Balaban J connectivity index is 2.85. The SMILES string of the molecule is F[N+](F)c1ncccn1. The lowest BCUT2D eigenvalue weighted by Crippen LogP contribution is -2.01. The van der Waals surface area contributed by atoms with Gasteiger partial charge in [0, 0.05) is 12.4 Å². The lowest BCUT2D eigenvalue weighted by molar-refractivity contribution is 0.0132. The van der Waals surface area contributed by atoms with E-state index in [9.17, 15) is 8.96 Å². The Morgan fingerprint density at radius 3 is 2.11 bits per heavy atom. The van der Waals surface area contributed by atoms with Gasteiger partial charge in [0.1, 0.15) is 8.96 Å². The molecule has 0 aliphatic rings. The van der Waals surface area contributed by atoms with Crippen LogP contribution in [0, 0.1) is 0 Å². The molecule has 1 aromatic heterocycles. The number of halogens is 2. The fourth-order valence-electron chi connectivity index (χ4n) is 0.379. The average Bonchev–Trinajstić information content (AvgIpc) is 1.90. The topological polar surface area (TPSA) is 31.7 Å².